The van der Waals surface area contributed by atoms with Gasteiger partial charge in [0.05, 0.1) is 5.69 Å². The fraction of sp³-hybridized carbons (Fsp3) is 0.105. The summed E-state index contributed by atoms with van der Waals surface area (Å²) in [6.45, 7) is 0. The van der Waals surface area contributed by atoms with Crippen LogP contribution in [-0.4, -0.2) is 35.4 Å². The molecule has 0 saturated carbocycles. The van der Waals surface area contributed by atoms with E-state index in [1.54, 1.807) is 48.1 Å². The second kappa shape index (κ2) is 6.83. The molecule has 8 nitrogen and oxygen atoms in total. The lowest BCUT2D eigenvalue weighted by molar-refractivity contribution is 0.102. The molecule has 4 heterocycles. The summed E-state index contributed by atoms with van der Waals surface area (Å²) < 4.78 is 3.23. The minimum Gasteiger partial charge on any atom is -0.305 e. The Hall–Kier alpha value is -3.81. The summed E-state index contributed by atoms with van der Waals surface area (Å²) in [5, 5.41) is 11.6. The van der Waals surface area contributed by atoms with Crippen molar-refractivity contribution in [2.75, 3.05) is 5.32 Å². The highest BCUT2D eigenvalue weighted by atomic mass is 16.2. The maximum atomic E-state index is 12.9. The van der Waals surface area contributed by atoms with Crippen molar-refractivity contribution in [3.63, 3.8) is 0 Å². The molecule has 0 bridgehead atoms. The molecule has 0 fully saturated rings. The minimum atomic E-state index is -0.307. The van der Waals surface area contributed by atoms with Gasteiger partial charge in [0.15, 0.2) is 5.69 Å². The van der Waals surface area contributed by atoms with Crippen LogP contribution in [0.2, 0.25) is 0 Å². The molecular weight excluding hydrogens is 342 g/mol. The van der Waals surface area contributed by atoms with E-state index in [4.69, 9.17) is 0 Å². The molecule has 4 rings (SSSR count). The second-order valence-electron chi connectivity index (χ2n) is 6.01. The van der Waals surface area contributed by atoms with Crippen LogP contribution in [0.4, 0.5) is 5.82 Å². The van der Waals surface area contributed by atoms with Gasteiger partial charge in [0.25, 0.3) is 5.91 Å². The predicted octanol–water partition coefficient (Wildman–Crippen LogP) is 2.53. The van der Waals surface area contributed by atoms with Gasteiger partial charge in [0.1, 0.15) is 11.5 Å². The lowest BCUT2D eigenvalue weighted by Gasteiger charge is -2.05. The first-order chi connectivity index (χ1) is 13.1. The Morgan fingerprint density at radius 2 is 1.81 bits per heavy atom. The van der Waals surface area contributed by atoms with Crippen LogP contribution in [0.1, 0.15) is 10.5 Å². The predicted molar refractivity (Wildman–Crippen MR) is 101 cm³/mol. The number of nitrogens with zero attached hydrogens (tertiary/aromatic N) is 6. The minimum absolute atomic E-state index is 0.307. The van der Waals surface area contributed by atoms with Crippen LogP contribution in [0, 0.1) is 0 Å². The molecule has 0 spiro atoms. The standard InChI is InChI=1S/C19H17N7O/c1-25-12-14(13-6-9-20-10-7-13)18(24-25)19(27)22-17-11-16(23-26(17)2)15-5-3-4-8-21-15/h3-12H,1-2H3,(H,22,27). The van der Waals surface area contributed by atoms with Gasteiger partial charge in [0, 0.05) is 50.5 Å². The summed E-state index contributed by atoms with van der Waals surface area (Å²) in [7, 11) is 3.55. The molecular formula is C19H17N7O. The lowest BCUT2D eigenvalue weighted by Crippen LogP contribution is -2.16. The Balaban J connectivity index is 1.64. The van der Waals surface area contributed by atoms with Crippen molar-refractivity contribution in [1.29, 1.82) is 0 Å². The van der Waals surface area contributed by atoms with Crippen LogP contribution in [0.5, 0.6) is 0 Å². The third-order valence-electron chi connectivity index (χ3n) is 4.08. The highest BCUT2D eigenvalue weighted by Gasteiger charge is 2.19. The van der Waals surface area contributed by atoms with E-state index < -0.39 is 0 Å². The average molecular weight is 359 g/mol. The Bertz CT molecular complexity index is 1080. The first-order valence-electron chi connectivity index (χ1n) is 8.32. The van der Waals surface area contributed by atoms with E-state index in [1.807, 2.05) is 36.5 Å². The molecule has 1 amide bonds. The van der Waals surface area contributed by atoms with Gasteiger partial charge in [-0.2, -0.15) is 10.2 Å². The number of rotatable bonds is 4. The van der Waals surface area contributed by atoms with E-state index >= 15 is 0 Å². The van der Waals surface area contributed by atoms with Gasteiger partial charge in [-0.3, -0.25) is 24.1 Å². The number of aromatic nitrogens is 6. The third-order valence-corrected chi connectivity index (χ3v) is 4.08. The average Bonchev–Trinajstić information content (AvgIpc) is 3.26. The Morgan fingerprint density at radius 1 is 1.00 bits per heavy atom. The van der Waals surface area contributed by atoms with Crippen LogP contribution in [0.15, 0.2) is 61.2 Å². The Morgan fingerprint density at radius 3 is 2.56 bits per heavy atom. The smallest absolute Gasteiger partial charge is 0.277 e. The second-order valence-corrected chi connectivity index (χ2v) is 6.01. The van der Waals surface area contributed by atoms with Gasteiger partial charge in [-0.1, -0.05) is 6.07 Å². The summed E-state index contributed by atoms with van der Waals surface area (Å²) in [5.74, 6) is 0.255. The van der Waals surface area contributed by atoms with Crippen LogP contribution in [0.25, 0.3) is 22.5 Å². The number of pyridine rings is 2. The molecule has 0 saturated heterocycles. The van der Waals surface area contributed by atoms with Crippen LogP contribution in [-0.2, 0) is 14.1 Å². The molecule has 1 N–H and O–H groups in total. The quantitative estimate of drug-likeness (QED) is 0.605. The maximum absolute atomic E-state index is 12.9. The van der Waals surface area contributed by atoms with Crippen LogP contribution < -0.4 is 5.32 Å². The fourth-order valence-electron chi connectivity index (χ4n) is 2.80. The molecule has 4 aromatic rings. The molecule has 0 atom stereocenters. The first kappa shape index (κ1) is 16.6. The fourth-order valence-corrected chi connectivity index (χ4v) is 2.80. The molecule has 0 aromatic carbocycles. The molecule has 8 heteroatoms. The van der Waals surface area contributed by atoms with Crippen LogP contribution in [0.3, 0.4) is 0 Å². The monoisotopic (exact) mass is 359 g/mol. The van der Waals surface area contributed by atoms with E-state index in [0.29, 0.717) is 17.2 Å². The van der Waals surface area contributed by atoms with Gasteiger partial charge in [0.2, 0.25) is 0 Å². The highest BCUT2D eigenvalue weighted by Crippen LogP contribution is 2.24. The molecule has 0 radical (unpaired) electrons. The van der Waals surface area contributed by atoms with Gasteiger partial charge >= 0.3 is 0 Å². The summed E-state index contributed by atoms with van der Waals surface area (Å²) >= 11 is 0. The topological polar surface area (TPSA) is 90.5 Å². The van der Waals surface area contributed by atoms with E-state index in [1.165, 1.54) is 0 Å². The van der Waals surface area contributed by atoms with Gasteiger partial charge in [-0.15, -0.1) is 0 Å². The number of hydrogen-bond acceptors (Lipinski definition) is 5. The zero-order valence-electron chi connectivity index (χ0n) is 14.9. The molecule has 0 aliphatic rings. The van der Waals surface area contributed by atoms with Crippen LogP contribution >= 0.6 is 0 Å². The number of anilines is 1. The number of carbonyl (C=O) groups excluding carboxylic acids is 1. The largest absolute Gasteiger partial charge is 0.305 e. The number of nitrogens with one attached hydrogen (secondary N) is 1. The molecule has 27 heavy (non-hydrogen) atoms. The first-order valence-corrected chi connectivity index (χ1v) is 8.32. The zero-order chi connectivity index (χ0) is 18.8. The molecule has 0 unspecified atom stereocenters. The van der Waals surface area contributed by atoms with Crippen molar-refractivity contribution >= 4 is 11.7 Å². The van der Waals surface area contributed by atoms with E-state index in [-0.39, 0.29) is 5.91 Å². The maximum Gasteiger partial charge on any atom is 0.277 e. The Kier molecular flexibility index (Phi) is 4.21. The number of aryl methyl sites for hydroxylation is 2. The Labute approximate surface area is 155 Å². The number of hydrogen-bond donors (Lipinski definition) is 1. The van der Waals surface area contributed by atoms with Crippen molar-refractivity contribution in [3.05, 3.63) is 66.9 Å². The highest BCUT2D eigenvalue weighted by molar-refractivity contribution is 6.07. The van der Waals surface area contributed by atoms with E-state index in [2.05, 4.69) is 25.5 Å². The number of amides is 1. The zero-order valence-corrected chi connectivity index (χ0v) is 14.9. The van der Waals surface area contributed by atoms with Crippen molar-refractivity contribution in [1.82, 2.24) is 29.5 Å². The summed E-state index contributed by atoms with van der Waals surface area (Å²) in [5.41, 5.74) is 3.38. The summed E-state index contributed by atoms with van der Waals surface area (Å²) in [6, 6.07) is 11.1. The van der Waals surface area contributed by atoms with Crippen molar-refractivity contribution in [3.8, 4) is 22.5 Å². The molecule has 0 aliphatic heterocycles. The number of carbonyl (C=O) groups is 1. The van der Waals surface area contributed by atoms with E-state index in [9.17, 15) is 4.79 Å². The van der Waals surface area contributed by atoms with E-state index in [0.717, 1.165) is 16.8 Å². The third kappa shape index (κ3) is 3.32. The van der Waals surface area contributed by atoms with Gasteiger partial charge in [-0.25, -0.2) is 0 Å². The van der Waals surface area contributed by atoms with Gasteiger partial charge in [-0.05, 0) is 29.8 Å². The molecule has 134 valence electrons. The summed E-state index contributed by atoms with van der Waals surface area (Å²) in [4.78, 5) is 21.2. The van der Waals surface area contributed by atoms with Crippen molar-refractivity contribution in [2.24, 2.45) is 14.1 Å². The van der Waals surface area contributed by atoms with Crippen molar-refractivity contribution in [2.45, 2.75) is 0 Å². The molecule has 0 aliphatic carbocycles. The lowest BCUT2D eigenvalue weighted by atomic mass is 10.1. The molecule has 4 aromatic heterocycles. The van der Waals surface area contributed by atoms with Gasteiger partial charge < -0.3 is 5.32 Å². The normalized spacial score (nSPS) is 10.7. The SMILES string of the molecule is Cn1cc(-c2ccncc2)c(C(=O)Nc2cc(-c3ccccn3)nn2C)n1. The summed E-state index contributed by atoms with van der Waals surface area (Å²) in [6.07, 6.45) is 6.89. The van der Waals surface area contributed by atoms with Crippen molar-refractivity contribution < 1.29 is 4.79 Å².